The van der Waals surface area contributed by atoms with Crippen molar-refractivity contribution in [2.45, 2.75) is 65.2 Å². The Morgan fingerprint density at radius 3 is 1.52 bits per heavy atom. The Kier molecular flexibility index (Phi) is 13.7. The minimum Gasteiger partial charge on any atom is -0.309 e. The van der Waals surface area contributed by atoms with Crippen LogP contribution in [-0.4, -0.2) is 43.7 Å². The van der Waals surface area contributed by atoms with Crippen LogP contribution >= 0.6 is 0 Å². The van der Waals surface area contributed by atoms with Crippen LogP contribution in [0.4, 0.5) is 0 Å². The molecule has 0 aliphatic heterocycles. The molecule has 5 heteroatoms. The second-order valence-electron chi connectivity index (χ2n) is 7.08. The largest absolute Gasteiger partial charge is 0.309 e. The fraction of sp³-hybridized carbons (Fsp3) is 0.700. The van der Waals surface area contributed by atoms with Gasteiger partial charge in [-0.2, -0.15) is 0 Å². The summed E-state index contributed by atoms with van der Waals surface area (Å²) in [5.74, 6) is 0.170. The highest BCUT2D eigenvalue weighted by Gasteiger charge is 2.17. The average Bonchev–Trinajstić information content (AvgIpc) is 2.58. The number of quaternary nitrogens is 1. The van der Waals surface area contributed by atoms with E-state index in [0.717, 1.165) is 38.5 Å². The molecule has 0 aliphatic carbocycles. The predicted octanol–water partition coefficient (Wildman–Crippen LogP) is 3.48. The first kappa shape index (κ1) is 23.4. The molecular formula is C20H38N3O2+. The van der Waals surface area contributed by atoms with Crippen molar-refractivity contribution < 1.29 is 14.1 Å². The molecule has 0 saturated carbocycles. The lowest BCUT2D eigenvalue weighted by Gasteiger charge is -2.29. The molecule has 0 aromatic carbocycles. The molecule has 2 N–H and O–H groups in total. The molecule has 0 aromatic heterocycles. The Morgan fingerprint density at radius 1 is 0.760 bits per heavy atom. The van der Waals surface area contributed by atoms with Crippen molar-refractivity contribution in [1.29, 1.82) is 0 Å². The molecule has 0 aromatic rings. The standard InChI is InChI=1S/C20H37N3O2/c1-5-7-9-11-13-15-19(24)21-17-23(3,4)18-22-20(25)16-14-12-10-8-6-2/h5-8H,9-18H2,1-4H3,(H-,21,22,24,25)/p+1/b7-5+,8-6+. The lowest BCUT2D eigenvalue weighted by atomic mass is 10.2. The van der Waals surface area contributed by atoms with Gasteiger partial charge in [-0.25, -0.2) is 0 Å². The Labute approximate surface area is 154 Å². The fourth-order valence-electron chi connectivity index (χ4n) is 2.27. The van der Waals surface area contributed by atoms with Crippen LogP contribution in [0.1, 0.15) is 65.2 Å². The van der Waals surface area contributed by atoms with E-state index >= 15 is 0 Å². The summed E-state index contributed by atoms with van der Waals surface area (Å²) in [5, 5.41) is 5.92. The van der Waals surface area contributed by atoms with E-state index in [0.29, 0.717) is 30.7 Å². The van der Waals surface area contributed by atoms with Gasteiger partial charge in [0.15, 0.2) is 13.3 Å². The highest BCUT2D eigenvalue weighted by molar-refractivity contribution is 5.76. The van der Waals surface area contributed by atoms with E-state index in [4.69, 9.17) is 0 Å². The van der Waals surface area contributed by atoms with Gasteiger partial charge in [0.25, 0.3) is 0 Å². The van der Waals surface area contributed by atoms with Crippen LogP contribution in [0.2, 0.25) is 0 Å². The maximum absolute atomic E-state index is 11.9. The second-order valence-corrected chi connectivity index (χ2v) is 7.08. The van der Waals surface area contributed by atoms with Crippen molar-refractivity contribution in [2.24, 2.45) is 0 Å². The van der Waals surface area contributed by atoms with Crippen molar-refractivity contribution in [1.82, 2.24) is 10.6 Å². The van der Waals surface area contributed by atoms with Gasteiger partial charge >= 0.3 is 0 Å². The van der Waals surface area contributed by atoms with Crippen molar-refractivity contribution >= 4 is 11.8 Å². The van der Waals surface area contributed by atoms with Crippen LogP contribution in [0.25, 0.3) is 0 Å². The summed E-state index contributed by atoms with van der Waals surface area (Å²) in [5.41, 5.74) is 0. The molecule has 25 heavy (non-hydrogen) atoms. The van der Waals surface area contributed by atoms with Crippen LogP contribution in [0.15, 0.2) is 24.3 Å². The minimum atomic E-state index is 0.0852. The van der Waals surface area contributed by atoms with Crippen molar-refractivity contribution in [3.05, 3.63) is 24.3 Å². The second kappa shape index (κ2) is 14.7. The Balaban J connectivity index is 3.81. The van der Waals surface area contributed by atoms with Gasteiger partial charge in [0.05, 0.1) is 14.1 Å². The predicted molar refractivity (Wildman–Crippen MR) is 105 cm³/mol. The van der Waals surface area contributed by atoms with E-state index in [1.807, 2.05) is 40.1 Å². The Bertz CT molecular complexity index is 391. The van der Waals surface area contributed by atoms with Gasteiger partial charge in [-0.3, -0.25) is 14.1 Å². The summed E-state index contributed by atoms with van der Waals surface area (Å²) < 4.78 is 0.536. The smallest absolute Gasteiger partial charge is 0.224 e. The van der Waals surface area contributed by atoms with E-state index in [1.165, 1.54) is 0 Å². The Morgan fingerprint density at radius 2 is 1.16 bits per heavy atom. The molecule has 0 radical (unpaired) electrons. The van der Waals surface area contributed by atoms with Gasteiger partial charge in [0.2, 0.25) is 11.8 Å². The average molecular weight is 353 g/mol. The van der Waals surface area contributed by atoms with Crippen molar-refractivity contribution in [3.63, 3.8) is 0 Å². The van der Waals surface area contributed by atoms with Gasteiger partial charge in [-0.05, 0) is 52.4 Å². The number of nitrogens with zero attached hydrogens (tertiary/aromatic N) is 1. The quantitative estimate of drug-likeness (QED) is 0.218. The molecule has 144 valence electrons. The zero-order valence-electron chi connectivity index (χ0n) is 16.6. The summed E-state index contributed by atoms with van der Waals surface area (Å²) >= 11 is 0. The van der Waals surface area contributed by atoms with Gasteiger partial charge in [0.1, 0.15) is 0 Å². The highest BCUT2D eigenvalue weighted by atomic mass is 16.2. The van der Waals surface area contributed by atoms with Gasteiger partial charge < -0.3 is 10.6 Å². The van der Waals surface area contributed by atoms with Crippen LogP contribution in [0.3, 0.4) is 0 Å². The number of hydrogen-bond acceptors (Lipinski definition) is 2. The van der Waals surface area contributed by atoms with Crippen LogP contribution < -0.4 is 10.6 Å². The molecule has 0 heterocycles. The van der Waals surface area contributed by atoms with E-state index < -0.39 is 0 Å². The molecule has 2 amide bonds. The molecule has 0 fully saturated rings. The van der Waals surface area contributed by atoms with E-state index in [2.05, 4.69) is 22.8 Å². The molecule has 0 atom stereocenters. The summed E-state index contributed by atoms with van der Waals surface area (Å²) in [6, 6.07) is 0. The zero-order chi connectivity index (χ0) is 19.0. The number of unbranched alkanes of at least 4 members (excludes halogenated alkanes) is 4. The van der Waals surface area contributed by atoms with Crippen LogP contribution in [0.5, 0.6) is 0 Å². The normalized spacial score (nSPS) is 12.0. The maximum Gasteiger partial charge on any atom is 0.224 e. The SMILES string of the molecule is C/C=C/CCCCC(=O)NC[N+](C)(C)CNC(=O)CCCC/C=C/C. The van der Waals surface area contributed by atoms with Gasteiger partial charge in [-0.15, -0.1) is 0 Å². The lowest BCUT2D eigenvalue weighted by molar-refractivity contribution is -0.893. The number of amides is 2. The van der Waals surface area contributed by atoms with E-state index in [-0.39, 0.29) is 11.8 Å². The fourth-order valence-corrected chi connectivity index (χ4v) is 2.27. The third-order valence-electron chi connectivity index (χ3n) is 3.93. The van der Waals surface area contributed by atoms with E-state index in [9.17, 15) is 9.59 Å². The molecule has 0 aliphatic rings. The third-order valence-corrected chi connectivity index (χ3v) is 3.93. The molecule has 5 nitrogen and oxygen atoms in total. The van der Waals surface area contributed by atoms with Gasteiger partial charge in [0, 0.05) is 12.8 Å². The van der Waals surface area contributed by atoms with Crippen molar-refractivity contribution in [2.75, 3.05) is 27.4 Å². The first-order valence-electron chi connectivity index (χ1n) is 9.49. The highest BCUT2D eigenvalue weighted by Crippen LogP contribution is 2.02. The lowest BCUT2D eigenvalue weighted by Crippen LogP contribution is -2.53. The van der Waals surface area contributed by atoms with Crippen LogP contribution in [0, 0.1) is 0 Å². The first-order chi connectivity index (χ1) is 11.9. The van der Waals surface area contributed by atoms with Crippen LogP contribution in [-0.2, 0) is 9.59 Å². The number of carbonyl (C=O) groups is 2. The first-order valence-corrected chi connectivity index (χ1v) is 9.49. The molecule has 0 spiro atoms. The summed E-state index contributed by atoms with van der Waals surface area (Å²) in [7, 11) is 4.00. The summed E-state index contributed by atoms with van der Waals surface area (Å²) in [6.45, 7) is 5.06. The number of nitrogens with one attached hydrogen (secondary N) is 2. The molecule has 0 rings (SSSR count). The van der Waals surface area contributed by atoms with Crippen molar-refractivity contribution in [3.8, 4) is 0 Å². The molecular weight excluding hydrogens is 314 g/mol. The topological polar surface area (TPSA) is 58.2 Å². The molecule has 0 unspecified atom stereocenters. The molecule has 0 saturated heterocycles. The number of hydrogen-bond donors (Lipinski definition) is 2. The van der Waals surface area contributed by atoms with Gasteiger partial charge in [-0.1, -0.05) is 24.3 Å². The van der Waals surface area contributed by atoms with E-state index in [1.54, 1.807) is 0 Å². The minimum absolute atomic E-state index is 0.0852. The third kappa shape index (κ3) is 15.6. The summed E-state index contributed by atoms with van der Waals surface area (Å²) in [4.78, 5) is 23.7. The monoisotopic (exact) mass is 352 g/mol. The number of rotatable bonds is 14. The molecule has 0 bridgehead atoms. The Hall–Kier alpha value is -1.62. The summed E-state index contributed by atoms with van der Waals surface area (Å²) in [6.07, 6.45) is 15.4. The number of allylic oxidation sites excluding steroid dienone is 4. The maximum atomic E-state index is 11.9. The number of carbonyl (C=O) groups excluding carboxylic acids is 2. The zero-order valence-corrected chi connectivity index (χ0v) is 16.6.